The summed E-state index contributed by atoms with van der Waals surface area (Å²) < 4.78 is 4.68. The van der Waals surface area contributed by atoms with Crippen LogP contribution in [0, 0.1) is 0 Å². The Kier molecular flexibility index (Phi) is 3.22. The Hall–Kier alpha value is -1.39. The Morgan fingerprint density at radius 1 is 1.44 bits per heavy atom. The molecule has 1 aromatic rings. The monoisotopic (exact) mass is 221 g/mol. The molecule has 0 unspecified atom stereocenters. The summed E-state index contributed by atoms with van der Waals surface area (Å²) in [5.41, 5.74) is 1.15. The number of ether oxygens (including phenoxy) is 1. The molecule has 0 saturated carbocycles. The second-order valence-corrected chi connectivity index (χ2v) is 3.83. The van der Waals surface area contributed by atoms with E-state index in [4.69, 9.17) is 4.84 Å². The number of rotatable bonds is 2. The average Bonchev–Trinajstić information content (AvgIpc) is 2.71. The molecular formula is C12H15NO3. The van der Waals surface area contributed by atoms with Crippen molar-refractivity contribution in [1.29, 1.82) is 0 Å². The molecule has 1 aliphatic rings. The van der Waals surface area contributed by atoms with Crippen LogP contribution in [0.3, 0.4) is 0 Å². The molecule has 0 aromatic heterocycles. The summed E-state index contributed by atoms with van der Waals surface area (Å²) in [7, 11) is 3.21. The van der Waals surface area contributed by atoms with Crippen molar-refractivity contribution < 1.29 is 14.4 Å². The molecule has 1 aromatic carbocycles. The van der Waals surface area contributed by atoms with Gasteiger partial charge in [-0.05, 0) is 5.56 Å². The molecule has 0 bridgehead atoms. The standard InChI is InChI=1S/C12H15NO3/c1-13-10(9-6-4-3-5-7-9)8-11(16-13)12(14)15-2/h3-7,10-11H,8H2,1-2H3/t10-,11+/m1/s1. The van der Waals surface area contributed by atoms with Crippen LogP contribution in [0.25, 0.3) is 0 Å². The summed E-state index contributed by atoms with van der Waals surface area (Å²) in [6.45, 7) is 0. The minimum atomic E-state index is -0.486. The Bertz CT molecular complexity index is 366. The van der Waals surface area contributed by atoms with E-state index in [0.29, 0.717) is 6.42 Å². The summed E-state index contributed by atoms with van der Waals surface area (Å²) in [5, 5.41) is 1.72. The van der Waals surface area contributed by atoms with Gasteiger partial charge in [-0.2, -0.15) is 5.06 Å². The van der Waals surface area contributed by atoms with E-state index in [9.17, 15) is 4.79 Å². The first-order chi connectivity index (χ1) is 7.72. The summed E-state index contributed by atoms with van der Waals surface area (Å²) in [4.78, 5) is 16.8. The van der Waals surface area contributed by atoms with Crippen LogP contribution in [-0.2, 0) is 14.4 Å². The van der Waals surface area contributed by atoms with Gasteiger partial charge in [0.05, 0.1) is 13.2 Å². The molecular weight excluding hydrogens is 206 g/mol. The predicted molar refractivity (Wildman–Crippen MR) is 58.5 cm³/mol. The van der Waals surface area contributed by atoms with Crippen molar-refractivity contribution in [2.24, 2.45) is 0 Å². The third-order valence-electron chi connectivity index (χ3n) is 2.82. The van der Waals surface area contributed by atoms with Gasteiger partial charge in [0.2, 0.25) is 0 Å². The van der Waals surface area contributed by atoms with Crippen LogP contribution in [0.2, 0.25) is 0 Å². The lowest BCUT2D eigenvalue weighted by atomic mass is 10.0. The van der Waals surface area contributed by atoms with Gasteiger partial charge >= 0.3 is 5.97 Å². The Balaban J connectivity index is 2.11. The lowest BCUT2D eigenvalue weighted by molar-refractivity contribution is -0.179. The highest BCUT2D eigenvalue weighted by Crippen LogP contribution is 2.32. The second-order valence-electron chi connectivity index (χ2n) is 3.83. The van der Waals surface area contributed by atoms with Crippen LogP contribution in [0.5, 0.6) is 0 Å². The Morgan fingerprint density at radius 3 is 2.75 bits per heavy atom. The van der Waals surface area contributed by atoms with E-state index in [1.165, 1.54) is 7.11 Å². The maximum atomic E-state index is 11.4. The summed E-state index contributed by atoms with van der Waals surface area (Å²) >= 11 is 0. The van der Waals surface area contributed by atoms with Crippen LogP contribution >= 0.6 is 0 Å². The van der Waals surface area contributed by atoms with E-state index < -0.39 is 6.10 Å². The highest BCUT2D eigenvalue weighted by molar-refractivity contribution is 5.74. The lowest BCUT2D eigenvalue weighted by Gasteiger charge is -2.17. The van der Waals surface area contributed by atoms with E-state index in [-0.39, 0.29) is 12.0 Å². The third-order valence-corrected chi connectivity index (χ3v) is 2.82. The number of hydrogen-bond acceptors (Lipinski definition) is 4. The van der Waals surface area contributed by atoms with Crippen molar-refractivity contribution >= 4 is 5.97 Å². The number of methoxy groups -OCH3 is 1. The van der Waals surface area contributed by atoms with Crippen molar-refractivity contribution in [3.63, 3.8) is 0 Å². The molecule has 0 amide bonds. The zero-order valence-corrected chi connectivity index (χ0v) is 9.42. The largest absolute Gasteiger partial charge is 0.467 e. The van der Waals surface area contributed by atoms with Crippen LogP contribution in [-0.4, -0.2) is 31.3 Å². The van der Waals surface area contributed by atoms with Crippen LogP contribution < -0.4 is 0 Å². The van der Waals surface area contributed by atoms with Crippen LogP contribution in [0.4, 0.5) is 0 Å². The van der Waals surface area contributed by atoms with Crippen molar-refractivity contribution in [1.82, 2.24) is 5.06 Å². The average molecular weight is 221 g/mol. The van der Waals surface area contributed by atoms with Gasteiger partial charge in [0, 0.05) is 13.5 Å². The van der Waals surface area contributed by atoms with Gasteiger partial charge in [0.25, 0.3) is 0 Å². The number of nitrogens with zero attached hydrogens (tertiary/aromatic N) is 1. The molecule has 1 fully saturated rings. The SMILES string of the molecule is COC(=O)[C@@H]1C[C@H](c2ccccc2)N(C)O1. The quantitative estimate of drug-likeness (QED) is 0.710. The topological polar surface area (TPSA) is 38.8 Å². The van der Waals surface area contributed by atoms with Gasteiger partial charge in [-0.15, -0.1) is 0 Å². The molecule has 4 heteroatoms. The predicted octanol–water partition coefficient (Wildman–Crippen LogP) is 1.54. The van der Waals surface area contributed by atoms with Crippen LogP contribution in [0.1, 0.15) is 18.0 Å². The molecule has 1 heterocycles. The fourth-order valence-corrected chi connectivity index (χ4v) is 1.96. The number of esters is 1. The molecule has 16 heavy (non-hydrogen) atoms. The van der Waals surface area contributed by atoms with Gasteiger partial charge < -0.3 is 4.74 Å². The highest BCUT2D eigenvalue weighted by Gasteiger charge is 2.36. The maximum absolute atomic E-state index is 11.4. The zero-order valence-electron chi connectivity index (χ0n) is 9.42. The van der Waals surface area contributed by atoms with E-state index in [2.05, 4.69) is 4.74 Å². The first-order valence-corrected chi connectivity index (χ1v) is 5.24. The number of benzene rings is 1. The van der Waals surface area contributed by atoms with Gasteiger partial charge in [0.15, 0.2) is 6.10 Å². The van der Waals surface area contributed by atoms with Crippen molar-refractivity contribution in [3.8, 4) is 0 Å². The van der Waals surface area contributed by atoms with E-state index >= 15 is 0 Å². The van der Waals surface area contributed by atoms with Gasteiger partial charge in [0.1, 0.15) is 0 Å². The molecule has 0 aliphatic carbocycles. The minimum absolute atomic E-state index is 0.116. The van der Waals surface area contributed by atoms with Gasteiger partial charge in [-0.3, -0.25) is 4.84 Å². The molecule has 2 rings (SSSR count). The molecule has 4 nitrogen and oxygen atoms in total. The van der Waals surface area contributed by atoms with Crippen molar-refractivity contribution in [3.05, 3.63) is 35.9 Å². The number of hydroxylamine groups is 2. The van der Waals surface area contributed by atoms with Crippen molar-refractivity contribution in [2.75, 3.05) is 14.2 Å². The molecule has 0 spiro atoms. The third kappa shape index (κ3) is 2.08. The number of carbonyl (C=O) groups is 1. The minimum Gasteiger partial charge on any atom is -0.467 e. The summed E-state index contributed by atoms with van der Waals surface area (Å²) in [5.74, 6) is -0.315. The van der Waals surface area contributed by atoms with Gasteiger partial charge in [-0.1, -0.05) is 30.3 Å². The molecule has 1 saturated heterocycles. The lowest BCUT2D eigenvalue weighted by Crippen LogP contribution is -2.23. The Labute approximate surface area is 94.7 Å². The summed E-state index contributed by atoms with van der Waals surface area (Å²) in [6, 6.07) is 10.1. The van der Waals surface area contributed by atoms with E-state index in [0.717, 1.165) is 5.56 Å². The fraction of sp³-hybridized carbons (Fsp3) is 0.417. The smallest absolute Gasteiger partial charge is 0.337 e. The maximum Gasteiger partial charge on any atom is 0.337 e. The number of hydrogen-bond donors (Lipinski definition) is 0. The molecule has 86 valence electrons. The van der Waals surface area contributed by atoms with Crippen molar-refractivity contribution in [2.45, 2.75) is 18.6 Å². The first kappa shape index (κ1) is 11.1. The van der Waals surface area contributed by atoms with Gasteiger partial charge in [-0.25, -0.2) is 4.79 Å². The van der Waals surface area contributed by atoms with E-state index in [1.807, 2.05) is 37.4 Å². The molecule has 2 atom stereocenters. The Morgan fingerprint density at radius 2 is 2.12 bits per heavy atom. The normalized spacial score (nSPS) is 25.6. The van der Waals surface area contributed by atoms with Crippen LogP contribution in [0.15, 0.2) is 30.3 Å². The highest BCUT2D eigenvalue weighted by atomic mass is 16.7. The van der Waals surface area contributed by atoms with E-state index in [1.54, 1.807) is 5.06 Å². The molecule has 0 N–H and O–H groups in total. The first-order valence-electron chi connectivity index (χ1n) is 5.24. The molecule has 0 radical (unpaired) electrons. The molecule has 1 aliphatic heterocycles. The zero-order chi connectivity index (χ0) is 11.5. The fourth-order valence-electron chi connectivity index (χ4n) is 1.96. The summed E-state index contributed by atoms with van der Waals surface area (Å²) in [6.07, 6.45) is 0.146. The number of carbonyl (C=O) groups excluding carboxylic acids is 1. The second kappa shape index (κ2) is 4.63.